The van der Waals surface area contributed by atoms with Crippen LogP contribution >= 0.6 is 0 Å². The number of carboxylic acid groups (broad SMARTS) is 1. The van der Waals surface area contributed by atoms with Gasteiger partial charge in [0.15, 0.2) is 0 Å². The van der Waals surface area contributed by atoms with Crippen LogP contribution in [0, 0.1) is 17.3 Å². The number of hydrogen-bond donors (Lipinski definition) is 2. The molecule has 2 fully saturated rings. The second-order valence-electron chi connectivity index (χ2n) is 8.85. The van der Waals surface area contributed by atoms with Crippen molar-refractivity contribution in [3.05, 3.63) is 12.2 Å². The summed E-state index contributed by atoms with van der Waals surface area (Å²) in [7, 11) is 0. The third-order valence-electron chi connectivity index (χ3n) is 6.25. The highest BCUT2D eigenvalue weighted by Gasteiger charge is 2.47. The average Bonchev–Trinajstić information content (AvgIpc) is 3.22. The highest BCUT2D eigenvalue weighted by atomic mass is 16.5. The molecule has 2 N–H and O–H groups in total. The zero-order valence-electron chi connectivity index (χ0n) is 17.2. The summed E-state index contributed by atoms with van der Waals surface area (Å²) < 4.78 is 11.8. The lowest BCUT2D eigenvalue weighted by atomic mass is 9.76. The van der Waals surface area contributed by atoms with E-state index in [1.54, 1.807) is 0 Å². The van der Waals surface area contributed by atoms with Crippen LogP contribution in [0.4, 0.5) is 0 Å². The molecule has 2 rings (SSSR count). The summed E-state index contributed by atoms with van der Waals surface area (Å²) in [6.07, 6.45) is 11.5. The summed E-state index contributed by atoms with van der Waals surface area (Å²) in [5, 5.41) is 19.3. The Morgan fingerprint density at radius 1 is 1.26 bits per heavy atom. The lowest BCUT2D eigenvalue weighted by molar-refractivity contribution is -0.137. The van der Waals surface area contributed by atoms with Gasteiger partial charge in [-0.15, -0.1) is 0 Å². The van der Waals surface area contributed by atoms with Gasteiger partial charge >= 0.3 is 5.97 Å². The quantitative estimate of drug-likeness (QED) is 0.369. The predicted octanol–water partition coefficient (Wildman–Crippen LogP) is 4.19. The maximum atomic E-state index is 10.6. The van der Waals surface area contributed by atoms with Crippen LogP contribution < -0.4 is 0 Å². The smallest absolute Gasteiger partial charge is 0.303 e. The zero-order valence-corrected chi connectivity index (χ0v) is 17.2. The second-order valence-corrected chi connectivity index (χ2v) is 8.85. The molecule has 0 saturated carbocycles. The average molecular weight is 383 g/mol. The number of aliphatic carboxylic acids is 1. The Bertz CT molecular complexity index is 487. The third kappa shape index (κ3) is 6.58. The van der Waals surface area contributed by atoms with E-state index in [4.69, 9.17) is 14.6 Å². The monoisotopic (exact) mass is 382 g/mol. The van der Waals surface area contributed by atoms with Gasteiger partial charge in [-0.1, -0.05) is 45.8 Å². The maximum Gasteiger partial charge on any atom is 0.303 e. The second kappa shape index (κ2) is 10.6. The van der Waals surface area contributed by atoms with Crippen molar-refractivity contribution in [1.29, 1.82) is 0 Å². The standard InChI is InChI=1S/C22H38O5/c1-4-5-13-22(2,3)20(23)11-8-16-17(19-10-9-18(16)27-19)12-15-26-14-6-7-21(24)25/h8,11,16-20,23H,4-7,9-10,12-15H2,1-3H3,(H,24,25)/b11-8+/t16-,17+,18-,19+,20?/m0/s1. The van der Waals surface area contributed by atoms with Crippen LogP contribution in [0.25, 0.3) is 0 Å². The summed E-state index contributed by atoms with van der Waals surface area (Å²) >= 11 is 0. The first-order valence-electron chi connectivity index (χ1n) is 10.7. The van der Waals surface area contributed by atoms with Crippen LogP contribution in [0.5, 0.6) is 0 Å². The first kappa shape index (κ1) is 22.4. The van der Waals surface area contributed by atoms with Gasteiger partial charge in [-0.25, -0.2) is 0 Å². The molecule has 0 radical (unpaired) electrons. The molecule has 0 spiro atoms. The normalized spacial score (nSPS) is 28.9. The van der Waals surface area contributed by atoms with E-state index in [-0.39, 0.29) is 17.9 Å². The lowest BCUT2D eigenvalue weighted by Crippen LogP contribution is -2.30. The minimum atomic E-state index is -0.772. The van der Waals surface area contributed by atoms with Crippen molar-refractivity contribution in [3.8, 4) is 0 Å². The molecule has 5 atom stereocenters. The van der Waals surface area contributed by atoms with E-state index in [2.05, 4.69) is 26.8 Å². The van der Waals surface area contributed by atoms with Gasteiger partial charge in [-0.3, -0.25) is 4.79 Å². The summed E-state index contributed by atoms with van der Waals surface area (Å²) in [6.45, 7) is 7.60. The Morgan fingerprint density at radius 2 is 2.00 bits per heavy atom. The molecule has 2 bridgehead atoms. The Hall–Kier alpha value is -0.910. The largest absolute Gasteiger partial charge is 0.481 e. The van der Waals surface area contributed by atoms with E-state index in [0.717, 1.165) is 38.5 Å². The molecule has 0 amide bonds. The molecule has 0 aromatic heterocycles. The Balaban J connectivity index is 1.82. The van der Waals surface area contributed by atoms with Crippen LogP contribution in [-0.4, -0.2) is 47.7 Å². The number of unbranched alkanes of at least 4 members (excludes halogenated alkanes) is 1. The highest BCUT2D eigenvalue weighted by molar-refractivity contribution is 5.66. The molecule has 2 aliphatic rings. The van der Waals surface area contributed by atoms with Crippen molar-refractivity contribution in [1.82, 2.24) is 0 Å². The summed E-state index contributed by atoms with van der Waals surface area (Å²) in [4.78, 5) is 10.5. The molecule has 156 valence electrons. The van der Waals surface area contributed by atoms with E-state index >= 15 is 0 Å². The van der Waals surface area contributed by atoms with Crippen molar-refractivity contribution in [3.63, 3.8) is 0 Å². The van der Waals surface area contributed by atoms with E-state index < -0.39 is 12.1 Å². The number of hydrogen-bond acceptors (Lipinski definition) is 4. The minimum absolute atomic E-state index is 0.103. The first-order valence-corrected chi connectivity index (χ1v) is 10.7. The molecule has 2 saturated heterocycles. The molecule has 2 heterocycles. The molecule has 5 nitrogen and oxygen atoms in total. The van der Waals surface area contributed by atoms with Crippen LogP contribution in [0.3, 0.4) is 0 Å². The summed E-state index contributed by atoms with van der Waals surface area (Å²) in [5.74, 6) is 0.0131. The van der Waals surface area contributed by atoms with Gasteiger partial charge in [-0.2, -0.15) is 0 Å². The first-order chi connectivity index (χ1) is 12.8. The van der Waals surface area contributed by atoms with E-state index in [9.17, 15) is 9.90 Å². The summed E-state index contributed by atoms with van der Waals surface area (Å²) in [5.41, 5.74) is -0.103. The number of aliphatic hydroxyl groups is 1. The van der Waals surface area contributed by atoms with Crippen LogP contribution in [0.2, 0.25) is 0 Å². The molecule has 0 aromatic carbocycles. The van der Waals surface area contributed by atoms with Crippen LogP contribution in [-0.2, 0) is 14.3 Å². The van der Waals surface area contributed by atoms with Gasteiger partial charge in [0.25, 0.3) is 0 Å². The number of carboxylic acids is 1. The van der Waals surface area contributed by atoms with Crippen molar-refractivity contribution < 1.29 is 24.5 Å². The highest BCUT2D eigenvalue weighted by Crippen LogP contribution is 2.46. The molecule has 2 aliphatic heterocycles. The summed E-state index contributed by atoms with van der Waals surface area (Å²) in [6, 6.07) is 0. The van der Waals surface area contributed by atoms with Crippen molar-refractivity contribution in [2.24, 2.45) is 17.3 Å². The Morgan fingerprint density at radius 3 is 2.70 bits per heavy atom. The number of rotatable bonds is 13. The molecule has 0 aliphatic carbocycles. The van der Waals surface area contributed by atoms with E-state index in [0.29, 0.717) is 37.6 Å². The molecule has 5 heteroatoms. The van der Waals surface area contributed by atoms with Crippen LogP contribution in [0.1, 0.15) is 72.1 Å². The van der Waals surface area contributed by atoms with Gasteiger partial charge in [-0.05, 0) is 43.4 Å². The SMILES string of the molecule is CCCCC(C)(C)C(O)/C=C/[C@H]1[C@@H](CCOCCCC(=O)O)[C@H]2CC[C@@H]1O2. The van der Waals surface area contributed by atoms with Crippen molar-refractivity contribution in [2.45, 2.75) is 90.4 Å². The van der Waals surface area contributed by atoms with Crippen LogP contribution in [0.15, 0.2) is 12.2 Å². The Labute approximate surface area is 164 Å². The molecular formula is C22H38O5. The van der Waals surface area contributed by atoms with Gasteiger partial charge in [0.1, 0.15) is 0 Å². The zero-order chi connectivity index (χ0) is 19.9. The van der Waals surface area contributed by atoms with Gasteiger partial charge < -0.3 is 19.7 Å². The number of carbonyl (C=O) groups is 1. The molecule has 27 heavy (non-hydrogen) atoms. The van der Waals surface area contributed by atoms with Gasteiger partial charge in [0.05, 0.1) is 18.3 Å². The van der Waals surface area contributed by atoms with Crippen molar-refractivity contribution in [2.75, 3.05) is 13.2 Å². The van der Waals surface area contributed by atoms with Gasteiger partial charge in [0, 0.05) is 25.6 Å². The van der Waals surface area contributed by atoms with E-state index in [1.165, 1.54) is 0 Å². The molecular weight excluding hydrogens is 344 g/mol. The van der Waals surface area contributed by atoms with Crippen molar-refractivity contribution >= 4 is 5.97 Å². The minimum Gasteiger partial charge on any atom is -0.481 e. The van der Waals surface area contributed by atoms with Gasteiger partial charge in [0.2, 0.25) is 0 Å². The number of ether oxygens (including phenoxy) is 2. The molecule has 0 aromatic rings. The molecule has 1 unspecified atom stereocenters. The fourth-order valence-corrected chi connectivity index (χ4v) is 4.38. The maximum absolute atomic E-state index is 10.6. The number of fused-ring (bicyclic) bond motifs is 2. The third-order valence-corrected chi connectivity index (χ3v) is 6.25. The fraction of sp³-hybridized carbons (Fsp3) is 0.864. The predicted molar refractivity (Wildman–Crippen MR) is 106 cm³/mol. The lowest BCUT2D eigenvalue weighted by Gasteiger charge is -2.30. The Kier molecular flexibility index (Phi) is 8.77. The topological polar surface area (TPSA) is 76.0 Å². The fourth-order valence-electron chi connectivity index (χ4n) is 4.38. The van der Waals surface area contributed by atoms with E-state index in [1.807, 2.05) is 6.08 Å². The number of aliphatic hydroxyl groups excluding tert-OH is 1.